The summed E-state index contributed by atoms with van der Waals surface area (Å²) >= 11 is 0. The Labute approximate surface area is 134 Å². The molecule has 0 radical (unpaired) electrons. The van der Waals surface area contributed by atoms with Crippen molar-refractivity contribution < 1.29 is 9.18 Å². The van der Waals surface area contributed by atoms with Crippen LogP contribution in [0.1, 0.15) is 12.5 Å². The lowest BCUT2D eigenvalue weighted by atomic mass is 10.1. The van der Waals surface area contributed by atoms with Crippen LogP contribution in [0.2, 0.25) is 0 Å². The van der Waals surface area contributed by atoms with Crippen molar-refractivity contribution in [2.24, 2.45) is 16.0 Å². The highest BCUT2D eigenvalue weighted by Crippen LogP contribution is 2.24. The fraction of sp³-hybridized carbons (Fsp3) is 0.167. The van der Waals surface area contributed by atoms with E-state index in [0.717, 1.165) is 5.69 Å². The quantitative estimate of drug-likeness (QED) is 0.794. The SMILES string of the molecule is CC1=NN(c2ccccc2)C(=O)[C@@H]1C=Nc1ccc(F)c(C)c1. The van der Waals surface area contributed by atoms with Gasteiger partial charge in [0.15, 0.2) is 0 Å². The molecule has 0 unspecified atom stereocenters. The molecule has 1 heterocycles. The molecule has 5 heteroatoms. The highest BCUT2D eigenvalue weighted by molar-refractivity contribution is 6.23. The first-order chi connectivity index (χ1) is 11.1. The van der Waals surface area contributed by atoms with Crippen molar-refractivity contribution in [3.05, 3.63) is 59.9 Å². The maximum Gasteiger partial charge on any atom is 0.261 e. The third-order valence-corrected chi connectivity index (χ3v) is 3.70. The largest absolute Gasteiger partial charge is 0.271 e. The van der Waals surface area contributed by atoms with Crippen molar-refractivity contribution in [2.75, 3.05) is 5.01 Å². The van der Waals surface area contributed by atoms with Gasteiger partial charge in [-0.1, -0.05) is 18.2 Å². The minimum atomic E-state index is -0.499. The summed E-state index contributed by atoms with van der Waals surface area (Å²) < 4.78 is 13.3. The molecule has 0 bridgehead atoms. The molecular formula is C18H16FN3O. The number of halogens is 1. The van der Waals surface area contributed by atoms with Gasteiger partial charge in [0.25, 0.3) is 5.91 Å². The number of benzene rings is 2. The molecule has 1 aliphatic heterocycles. The zero-order chi connectivity index (χ0) is 16.4. The summed E-state index contributed by atoms with van der Waals surface area (Å²) in [4.78, 5) is 16.8. The number of anilines is 1. The Hall–Kier alpha value is -2.82. The van der Waals surface area contributed by atoms with E-state index in [1.165, 1.54) is 11.1 Å². The number of hydrazone groups is 1. The van der Waals surface area contributed by atoms with Crippen LogP contribution in [0, 0.1) is 18.7 Å². The number of aryl methyl sites for hydroxylation is 1. The third kappa shape index (κ3) is 3.04. The van der Waals surface area contributed by atoms with Crippen LogP contribution in [0.4, 0.5) is 15.8 Å². The van der Waals surface area contributed by atoms with Crippen LogP contribution >= 0.6 is 0 Å². The van der Waals surface area contributed by atoms with Gasteiger partial charge in [-0.3, -0.25) is 9.79 Å². The highest BCUT2D eigenvalue weighted by Gasteiger charge is 2.33. The fourth-order valence-corrected chi connectivity index (χ4v) is 2.38. The highest BCUT2D eigenvalue weighted by atomic mass is 19.1. The van der Waals surface area contributed by atoms with Crippen molar-refractivity contribution in [2.45, 2.75) is 13.8 Å². The van der Waals surface area contributed by atoms with E-state index < -0.39 is 5.92 Å². The first kappa shape index (κ1) is 15.1. The Bertz CT molecular complexity index is 799. The number of carbonyl (C=O) groups excluding carboxylic acids is 1. The van der Waals surface area contributed by atoms with E-state index in [0.29, 0.717) is 17.0 Å². The molecule has 2 aromatic carbocycles. The van der Waals surface area contributed by atoms with Gasteiger partial charge >= 0.3 is 0 Å². The second kappa shape index (κ2) is 6.12. The Morgan fingerprint density at radius 2 is 1.91 bits per heavy atom. The van der Waals surface area contributed by atoms with Gasteiger partial charge < -0.3 is 0 Å². The van der Waals surface area contributed by atoms with Gasteiger partial charge in [-0.15, -0.1) is 0 Å². The molecule has 0 N–H and O–H groups in total. The van der Waals surface area contributed by atoms with E-state index in [4.69, 9.17) is 0 Å². The topological polar surface area (TPSA) is 45.0 Å². The zero-order valence-electron chi connectivity index (χ0n) is 12.9. The molecule has 0 spiro atoms. The summed E-state index contributed by atoms with van der Waals surface area (Å²) in [6.07, 6.45) is 1.57. The maximum atomic E-state index is 13.3. The molecule has 116 valence electrons. The number of nitrogens with zero attached hydrogens (tertiary/aromatic N) is 3. The predicted molar refractivity (Wildman–Crippen MR) is 89.8 cm³/mol. The van der Waals surface area contributed by atoms with Crippen LogP contribution < -0.4 is 5.01 Å². The van der Waals surface area contributed by atoms with Gasteiger partial charge in [-0.05, 0) is 49.7 Å². The summed E-state index contributed by atoms with van der Waals surface area (Å²) in [6, 6.07) is 13.9. The van der Waals surface area contributed by atoms with Crippen LogP contribution in [0.15, 0.2) is 58.6 Å². The van der Waals surface area contributed by atoms with Gasteiger partial charge in [0, 0.05) is 6.21 Å². The number of rotatable bonds is 3. The molecule has 4 nitrogen and oxygen atoms in total. The maximum absolute atomic E-state index is 13.3. The van der Waals surface area contributed by atoms with E-state index in [-0.39, 0.29) is 11.7 Å². The first-order valence-corrected chi connectivity index (χ1v) is 7.31. The van der Waals surface area contributed by atoms with Gasteiger partial charge in [0.05, 0.1) is 17.1 Å². The first-order valence-electron chi connectivity index (χ1n) is 7.31. The minimum Gasteiger partial charge on any atom is -0.271 e. The number of carbonyl (C=O) groups is 1. The molecule has 1 aliphatic rings. The number of amides is 1. The molecule has 0 saturated carbocycles. The summed E-state index contributed by atoms with van der Waals surface area (Å²) in [5.74, 6) is -0.911. The fourth-order valence-electron chi connectivity index (χ4n) is 2.38. The number of aliphatic imine (C=N–C) groups is 1. The second-order valence-corrected chi connectivity index (χ2v) is 5.42. The Morgan fingerprint density at radius 1 is 1.17 bits per heavy atom. The Kier molecular flexibility index (Phi) is 4.02. The number of para-hydroxylation sites is 1. The average Bonchev–Trinajstić information content (AvgIpc) is 2.84. The van der Waals surface area contributed by atoms with Crippen molar-refractivity contribution in [3.8, 4) is 0 Å². The number of hydrogen-bond acceptors (Lipinski definition) is 3. The van der Waals surface area contributed by atoms with Gasteiger partial charge in [-0.2, -0.15) is 10.1 Å². The molecule has 3 rings (SSSR count). The van der Waals surface area contributed by atoms with Crippen molar-refractivity contribution >= 4 is 29.2 Å². The molecule has 1 amide bonds. The van der Waals surface area contributed by atoms with E-state index in [1.807, 2.05) is 30.3 Å². The van der Waals surface area contributed by atoms with Crippen molar-refractivity contribution in [1.29, 1.82) is 0 Å². The van der Waals surface area contributed by atoms with E-state index >= 15 is 0 Å². The monoisotopic (exact) mass is 309 g/mol. The van der Waals surface area contributed by atoms with Gasteiger partial charge in [-0.25, -0.2) is 4.39 Å². The normalized spacial score (nSPS) is 17.9. The minimum absolute atomic E-state index is 0.142. The van der Waals surface area contributed by atoms with Crippen LogP contribution in [0.25, 0.3) is 0 Å². The van der Waals surface area contributed by atoms with E-state index in [1.54, 1.807) is 32.2 Å². The lowest BCUT2D eigenvalue weighted by Crippen LogP contribution is -2.27. The molecule has 1 atom stereocenters. The molecule has 23 heavy (non-hydrogen) atoms. The van der Waals surface area contributed by atoms with Gasteiger partial charge in [0.2, 0.25) is 0 Å². The third-order valence-electron chi connectivity index (χ3n) is 3.70. The molecule has 0 aromatic heterocycles. The molecule has 2 aromatic rings. The van der Waals surface area contributed by atoms with Crippen LogP contribution in [0.5, 0.6) is 0 Å². The smallest absolute Gasteiger partial charge is 0.261 e. The predicted octanol–water partition coefficient (Wildman–Crippen LogP) is 3.88. The van der Waals surface area contributed by atoms with Crippen LogP contribution in [-0.2, 0) is 4.79 Å². The Balaban J connectivity index is 1.81. The summed E-state index contributed by atoms with van der Waals surface area (Å²) in [7, 11) is 0. The number of hydrogen-bond donors (Lipinski definition) is 0. The van der Waals surface area contributed by atoms with Crippen LogP contribution in [-0.4, -0.2) is 17.8 Å². The average molecular weight is 309 g/mol. The molecule has 0 aliphatic carbocycles. The molecule has 0 fully saturated rings. The molecular weight excluding hydrogens is 293 g/mol. The van der Waals surface area contributed by atoms with Crippen LogP contribution in [0.3, 0.4) is 0 Å². The zero-order valence-corrected chi connectivity index (χ0v) is 12.9. The summed E-state index contributed by atoms with van der Waals surface area (Å²) in [5, 5.41) is 5.71. The molecule has 0 saturated heterocycles. The van der Waals surface area contributed by atoms with Crippen molar-refractivity contribution in [1.82, 2.24) is 0 Å². The lowest BCUT2D eigenvalue weighted by Gasteiger charge is -2.12. The van der Waals surface area contributed by atoms with E-state index in [2.05, 4.69) is 10.1 Å². The van der Waals surface area contributed by atoms with Crippen molar-refractivity contribution in [3.63, 3.8) is 0 Å². The van der Waals surface area contributed by atoms with Gasteiger partial charge in [0.1, 0.15) is 11.7 Å². The second-order valence-electron chi connectivity index (χ2n) is 5.42. The lowest BCUT2D eigenvalue weighted by molar-refractivity contribution is -0.118. The van der Waals surface area contributed by atoms with E-state index in [9.17, 15) is 9.18 Å². The summed E-state index contributed by atoms with van der Waals surface area (Å²) in [5.41, 5.74) is 2.54. The summed E-state index contributed by atoms with van der Waals surface area (Å²) in [6.45, 7) is 3.48. The Morgan fingerprint density at radius 3 is 2.61 bits per heavy atom. The standard InChI is InChI=1S/C18H16FN3O/c1-12-10-14(8-9-17(12)19)20-11-16-13(2)21-22(18(16)23)15-6-4-3-5-7-15/h3-11,16H,1-2H3/t16-/m1/s1.